The number of likely N-dealkylation sites (tertiary alicyclic amines) is 2. The third-order valence-corrected chi connectivity index (χ3v) is 5.19. The molecule has 20 heavy (non-hydrogen) atoms. The Hall–Kier alpha value is -0.640. The van der Waals surface area contributed by atoms with E-state index in [4.69, 9.17) is 0 Å². The van der Waals surface area contributed by atoms with Crippen LogP contribution in [-0.4, -0.2) is 54.1 Å². The number of carbonyl (C=O) groups excluding carboxylic acids is 1. The molecule has 0 atom stereocenters. The Kier molecular flexibility index (Phi) is 5.05. The van der Waals surface area contributed by atoms with Crippen molar-refractivity contribution in [3.63, 3.8) is 0 Å². The molecule has 2 aliphatic heterocycles. The monoisotopic (exact) mass is 284 g/mol. The first-order valence-electron chi connectivity index (χ1n) is 8.06. The summed E-state index contributed by atoms with van der Waals surface area (Å²) in [6, 6.07) is 0. The van der Waals surface area contributed by atoms with Crippen molar-refractivity contribution in [2.24, 2.45) is 11.8 Å². The third-order valence-electron chi connectivity index (χ3n) is 5.19. The Morgan fingerprint density at radius 2 is 1.75 bits per heavy atom. The molecule has 0 aromatic heterocycles. The number of hydrogen-bond donors (Lipinski definition) is 0. The first kappa shape index (κ1) is 15.7. The van der Waals surface area contributed by atoms with Crippen molar-refractivity contribution >= 4 is 5.91 Å². The van der Waals surface area contributed by atoms with E-state index in [0.717, 1.165) is 24.9 Å². The summed E-state index contributed by atoms with van der Waals surface area (Å²) in [5.41, 5.74) is -1.09. The first-order chi connectivity index (χ1) is 9.39. The molecular weight excluding hydrogens is 255 g/mol. The smallest absolute Gasteiger partial charge is 0.219 e. The minimum Gasteiger partial charge on any atom is -0.343 e. The summed E-state index contributed by atoms with van der Waals surface area (Å²) in [7, 11) is 0. The van der Waals surface area contributed by atoms with Gasteiger partial charge in [0.2, 0.25) is 5.91 Å². The van der Waals surface area contributed by atoms with E-state index in [1.54, 1.807) is 11.8 Å². The highest BCUT2D eigenvalue weighted by Crippen LogP contribution is 2.30. The Morgan fingerprint density at radius 3 is 2.20 bits per heavy atom. The quantitative estimate of drug-likeness (QED) is 0.795. The Bertz CT molecular complexity index is 329. The van der Waals surface area contributed by atoms with Gasteiger partial charge in [-0.25, -0.2) is 4.39 Å². The van der Waals surface area contributed by atoms with Gasteiger partial charge < -0.3 is 9.80 Å². The number of nitrogens with zero attached hydrogens (tertiary/aromatic N) is 2. The zero-order valence-corrected chi connectivity index (χ0v) is 13.2. The first-order valence-corrected chi connectivity index (χ1v) is 8.06. The van der Waals surface area contributed by atoms with Crippen LogP contribution in [0.4, 0.5) is 4.39 Å². The van der Waals surface area contributed by atoms with E-state index >= 15 is 0 Å². The van der Waals surface area contributed by atoms with Crippen molar-refractivity contribution in [3.8, 4) is 0 Å². The predicted octanol–water partition coefficient (Wildman–Crippen LogP) is 2.71. The second-order valence-corrected chi connectivity index (χ2v) is 7.01. The summed E-state index contributed by atoms with van der Waals surface area (Å²) < 4.78 is 14.9. The number of piperidine rings is 2. The highest BCUT2D eigenvalue weighted by atomic mass is 19.1. The number of amides is 1. The second kappa shape index (κ2) is 6.42. The highest BCUT2D eigenvalue weighted by molar-refractivity contribution is 5.73. The molecule has 1 amide bonds. The molecule has 3 nitrogen and oxygen atoms in total. The van der Waals surface area contributed by atoms with Crippen LogP contribution < -0.4 is 0 Å². The highest BCUT2D eigenvalue weighted by Gasteiger charge is 2.37. The lowest BCUT2D eigenvalue weighted by atomic mass is 9.85. The second-order valence-electron chi connectivity index (χ2n) is 7.01. The molecule has 2 fully saturated rings. The van der Waals surface area contributed by atoms with E-state index in [9.17, 15) is 9.18 Å². The molecule has 116 valence electrons. The average molecular weight is 284 g/mol. The van der Waals surface area contributed by atoms with Crippen LogP contribution in [0.15, 0.2) is 0 Å². The normalized spacial score (nSPS) is 25.1. The zero-order chi connectivity index (χ0) is 14.8. The van der Waals surface area contributed by atoms with Crippen LogP contribution in [-0.2, 0) is 4.79 Å². The Labute approximate surface area is 122 Å². The molecule has 2 rings (SSSR count). The number of rotatable bonds is 3. The Morgan fingerprint density at radius 1 is 1.20 bits per heavy atom. The average Bonchev–Trinajstić information content (AvgIpc) is 2.39. The summed E-state index contributed by atoms with van der Waals surface area (Å²) in [5.74, 6) is 1.63. The zero-order valence-electron chi connectivity index (χ0n) is 13.2. The molecule has 0 aromatic rings. The van der Waals surface area contributed by atoms with Gasteiger partial charge in [0, 0.05) is 39.4 Å². The molecule has 4 heteroatoms. The van der Waals surface area contributed by atoms with Gasteiger partial charge in [0.15, 0.2) is 0 Å². The fraction of sp³-hybridized carbons (Fsp3) is 0.938. The molecule has 0 bridgehead atoms. The fourth-order valence-electron chi connectivity index (χ4n) is 3.56. The van der Waals surface area contributed by atoms with Gasteiger partial charge in [-0.2, -0.15) is 0 Å². The molecule has 0 radical (unpaired) electrons. The number of hydrogen-bond acceptors (Lipinski definition) is 2. The standard InChI is InChI=1S/C16H29FN2O/c1-13(2)15-4-8-18(9-5-15)12-16(17)6-10-19(11-7-16)14(3)20/h13,15H,4-12H2,1-3H3. The maximum atomic E-state index is 14.9. The van der Waals surface area contributed by atoms with Crippen molar-refractivity contribution in [2.75, 3.05) is 32.7 Å². The van der Waals surface area contributed by atoms with Crippen LogP contribution in [0.5, 0.6) is 0 Å². The van der Waals surface area contributed by atoms with Crippen LogP contribution in [0.25, 0.3) is 0 Å². The van der Waals surface area contributed by atoms with E-state index < -0.39 is 5.67 Å². The predicted molar refractivity (Wildman–Crippen MR) is 79.3 cm³/mol. The van der Waals surface area contributed by atoms with Crippen LogP contribution in [0.3, 0.4) is 0 Å². The molecule has 2 saturated heterocycles. The third kappa shape index (κ3) is 3.94. The SMILES string of the molecule is CC(=O)N1CCC(F)(CN2CCC(C(C)C)CC2)CC1. The molecule has 0 spiro atoms. The molecule has 2 heterocycles. The summed E-state index contributed by atoms with van der Waals surface area (Å²) in [5, 5.41) is 0. The molecule has 2 aliphatic rings. The van der Waals surface area contributed by atoms with Crippen molar-refractivity contribution in [1.82, 2.24) is 9.80 Å². The van der Waals surface area contributed by atoms with E-state index in [1.807, 2.05) is 0 Å². The van der Waals surface area contributed by atoms with Gasteiger partial charge in [0.05, 0.1) is 0 Å². The summed E-state index contributed by atoms with van der Waals surface area (Å²) in [6.45, 7) is 9.92. The van der Waals surface area contributed by atoms with Gasteiger partial charge in [-0.3, -0.25) is 4.79 Å². The number of halogens is 1. The summed E-state index contributed by atoms with van der Waals surface area (Å²) >= 11 is 0. The topological polar surface area (TPSA) is 23.6 Å². The molecular formula is C16H29FN2O. The van der Waals surface area contributed by atoms with Gasteiger partial charge in [0.25, 0.3) is 0 Å². The molecule has 0 saturated carbocycles. The maximum absolute atomic E-state index is 14.9. The largest absolute Gasteiger partial charge is 0.343 e. The molecule has 0 N–H and O–H groups in total. The summed E-state index contributed by atoms with van der Waals surface area (Å²) in [4.78, 5) is 15.4. The van der Waals surface area contributed by atoms with Crippen molar-refractivity contribution in [2.45, 2.75) is 52.1 Å². The Balaban J connectivity index is 1.78. The number of carbonyl (C=O) groups is 1. The van der Waals surface area contributed by atoms with Crippen molar-refractivity contribution < 1.29 is 9.18 Å². The molecule has 0 aliphatic carbocycles. The lowest BCUT2D eigenvalue weighted by Gasteiger charge is -2.41. The van der Waals surface area contributed by atoms with Crippen LogP contribution in [0, 0.1) is 11.8 Å². The van der Waals surface area contributed by atoms with E-state index in [0.29, 0.717) is 32.5 Å². The van der Waals surface area contributed by atoms with Crippen molar-refractivity contribution in [1.29, 1.82) is 0 Å². The van der Waals surface area contributed by atoms with Gasteiger partial charge >= 0.3 is 0 Å². The maximum Gasteiger partial charge on any atom is 0.219 e. The summed E-state index contributed by atoms with van der Waals surface area (Å²) in [6.07, 6.45) is 3.40. The van der Waals surface area contributed by atoms with Crippen LogP contribution in [0.2, 0.25) is 0 Å². The van der Waals surface area contributed by atoms with Gasteiger partial charge in [-0.1, -0.05) is 13.8 Å². The lowest BCUT2D eigenvalue weighted by Crippen LogP contribution is -2.50. The fourth-order valence-corrected chi connectivity index (χ4v) is 3.56. The van der Waals surface area contributed by atoms with Gasteiger partial charge in [-0.15, -0.1) is 0 Å². The van der Waals surface area contributed by atoms with E-state index in [2.05, 4.69) is 18.7 Å². The van der Waals surface area contributed by atoms with Crippen LogP contribution in [0.1, 0.15) is 46.5 Å². The minimum atomic E-state index is -1.09. The lowest BCUT2D eigenvalue weighted by molar-refractivity contribution is -0.131. The van der Waals surface area contributed by atoms with Gasteiger partial charge in [0.1, 0.15) is 5.67 Å². The molecule has 0 unspecified atom stereocenters. The van der Waals surface area contributed by atoms with Gasteiger partial charge in [-0.05, 0) is 37.8 Å². The van der Waals surface area contributed by atoms with E-state index in [-0.39, 0.29) is 5.91 Å². The minimum absolute atomic E-state index is 0.0739. The molecule has 0 aromatic carbocycles. The van der Waals surface area contributed by atoms with Crippen LogP contribution >= 0.6 is 0 Å². The number of alkyl halides is 1. The van der Waals surface area contributed by atoms with Crippen molar-refractivity contribution in [3.05, 3.63) is 0 Å². The van der Waals surface area contributed by atoms with E-state index in [1.165, 1.54) is 12.8 Å².